The van der Waals surface area contributed by atoms with Gasteiger partial charge in [0, 0.05) is 44.4 Å². The second-order valence-corrected chi connectivity index (χ2v) is 10.5. The summed E-state index contributed by atoms with van der Waals surface area (Å²) in [6.45, 7) is -0.0531. The number of nitrogen functional groups attached to an aromatic ring is 1. The number of hydrogen-bond donors (Lipinski definition) is 3. The minimum atomic E-state index is -0.504. The van der Waals surface area contributed by atoms with Crippen LogP contribution in [0.1, 0.15) is 67.7 Å². The van der Waals surface area contributed by atoms with E-state index in [0.717, 1.165) is 29.5 Å². The molecule has 41 heavy (non-hydrogen) atoms. The average Bonchev–Trinajstić information content (AvgIpc) is 3.74. The van der Waals surface area contributed by atoms with Crippen molar-refractivity contribution in [3.05, 3.63) is 87.7 Å². The van der Waals surface area contributed by atoms with Gasteiger partial charge in [0.15, 0.2) is 5.82 Å². The first-order chi connectivity index (χ1) is 19.8. The van der Waals surface area contributed by atoms with E-state index < -0.39 is 18.3 Å². The summed E-state index contributed by atoms with van der Waals surface area (Å²) < 4.78 is 16.9. The Morgan fingerprint density at radius 1 is 1.20 bits per heavy atom. The minimum absolute atomic E-state index is 0.00161. The molecule has 4 N–H and O–H groups in total. The first-order valence-electron chi connectivity index (χ1n) is 13.5. The van der Waals surface area contributed by atoms with Gasteiger partial charge in [0.2, 0.25) is 5.95 Å². The maximum atomic E-state index is 15.2. The molecule has 2 aromatic carbocycles. The van der Waals surface area contributed by atoms with E-state index in [-0.39, 0.29) is 23.2 Å². The van der Waals surface area contributed by atoms with Gasteiger partial charge in [-0.05, 0) is 60.1 Å². The first-order valence-corrected chi connectivity index (χ1v) is 13.5. The lowest BCUT2D eigenvalue weighted by molar-refractivity contribution is 0.0952. The van der Waals surface area contributed by atoms with Gasteiger partial charge < -0.3 is 25.6 Å². The van der Waals surface area contributed by atoms with E-state index >= 15 is 4.39 Å². The fourth-order valence-corrected chi connectivity index (χ4v) is 5.58. The van der Waals surface area contributed by atoms with E-state index in [1.54, 1.807) is 42.9 Å². The topological polar surface area (TPSA) is 139 Å². The van der Waals surface area contributed by atoms with Crippen LogP contribution in [0.25, 0.3) is 11.4 Å². The number of aromatic nitrogens is 4. The number of benzene rings is 2. The van der Waals surface area contributed by atoms with Crippen molar-refractivity contribution in [2.24, 2.45) is 7.05 Å². The van der Waals surface area contributed by atoms with Crippen molar-refractivity contribution in [3.8, 4) is 11.4 Å². The number of nitrogens with two attached hydrogens (primary N) is 1. The molecule has 6 rings (SSSR count). The third-order valence-electron chi connectivity index (χ3n) is 7.73. The van der Waals surface area contributed by atoms with Crippen LogP contribution in [0.3, 0.4) is 0 Å². The highest BCUT2D eigenvalue weighted by molar-refractivity contribution is 6.09. The smallest absolute Gasteiger partial charge is 0.267 e. The van der Waals surface area contributed by atoms with Crippen molar-refractivity contribution in [2.75, 3.05) is 24.2 Å². The number of fused-ring (bicyclic) bond motifs is 1. The fraction of sp³-hybridized carbons (Fsp3) is 0.300. The maximum absolute atomic E-state index is 15.2. The highest BCUT2D eigenvalue weighted by Gasteiger charge is 2.33. The Kier molecular flexibility index (Phi) is 6.74. The van der Waals surface area contributed by atoms with Crippen LogP contribution in [-0.2, 0) is 26.5 Å². The molecule has 0 bridgehead atoms. The van der Waals surface area contributed by atoms with E-state index in [1.165, 1.54) is 11.0 Å². The number of hydrogen-bond acceptors (Lipinski definition) is 7. The fourth-order valence-electron chi connectivity index (χ4n) is 5.58. The highest BCUT2D eigenvalue weighted by Crippen LogP contribution is 2.42. The number of nitrogens with zero attached hydrogens (tertiary/aromatic N) is 5. The van der Waals surface area contributed by atoms with Crippen LogP contribution in [0.4, 0.5) is 16.0 Å². The first kappa shape index (κ1) is 26.6. The molecular formula is C30H30FN7O3. The van der Waals surface area contributed by atoms with Crippen molar-refractivity contribution in [1.82, 2.24) is 24.8 Å². The van der Waals surface area contributed by atoms with Gasteiger partial charge in [-0.25, -0.2) is 9.37 Å². The predicted molar refractivity (Wildman–Crippen MR) is 151 cm³/mol. The van der Waals surface area contributed by atoms with E-state index in [4.69, 9.17) is 5.73 Å². The molecule has 4 aromatic rings. The molecule has 1 fully saturated rings. The SMILES string of the molecule is CNC(=O)c1cc(Cc2nc(N)nc(-c3cccc(N4CCc5cc(C6CC6)cc(F)c5C4=O)c3CO)n2)cn1C. The van der Waals surface area contributed by atoms with E-state index in [1.807, 2.05) is 12.3 Å². The Bertz CT molecular complexity index is 1700. The Morgan fingerprint density at radius 3 is 2.73 bits per heavy atom. The zero-order chi connectivity index (χ0) is 28.8. The van der Waals surface area contributed by atoms with Gasteiger partial charge in [0.05, 0.1) is 17.9 Å². The average molecular weight is 556 g/mol. The molecule has 3 heterocycles. The minimum Gasteiger partial charge on any atom is -0.392 e. The molecule has 2 amide bonds. The number of carbonyl (C=O) groups is 2. The Labute approximate surface area is 236 Å². The van der Waals surface area contributed by atoms with Crippen LogP contribution >= 0.6 is 0 Å². The van der Waals surface area contributed by atoms with Crippen molar-refractivity contribution >= 4 is 23.5 Å². The number of aliphatic hydroxyl groups is 1. The number of amides is 2. The van der Waals surface area contributed by atoms with E-state index in [9.17, 15) is 14.7 Å². The molecule has 0 radical (unpaired) electrons. The lowest BCUT2D eigenvalue weighted by atomic mass is 9.93. The van der Waals surface area contributed by atoms with Gasteiger partial charge in [-0.3, -0.25) is 9.59 Å². The zero-order valence-corrected chi connectivity index (χ0v) is 22.8. The Balaban J connectivity index is 1.34. The van der Waals surface area contributed by atoms with Gasteiger partial charge in [-0.15, -0.1) is 0 Å². The van der Waals surface area contributed by atoms with Crippen molar-refractivity contribution < 1.29 is 19.1 Å². The van der Waals surface area contributed by atoms with Crippen LogP contribution < -0.4 is 16.0 Å². The summed E-state index contributed by atoms with van der Waals surface area (Å²) in [6.07, 6.45) is 4.72. The molecule has 10 nitrogen and oxygen atoms in total. The van der Waals surface area contributed by atoms with Crippen LogP contribution in [0, 0.1) is 5.82 Å². The highest BCUT2D eigenvalue weighted by atomic mass is 19.1. The summed E-state index contributed by atoms with van der Waals surface area (Å²) in [7, 11) is 3.34. The second-order valence-electron chi connectivity index (χ2n) is 10.5. The normalized spacial score (nSPS) is 14.7. The summed E-state index contributed by atoms with van der Waals surface area (Å²) in [5.74, 6) is -0.146. The quantitative estimate of drug-likeness (QED) is 0.318. The molecule has 1 aliphatic heterocycles. The van der Waals surface area contributed by atoms with Crippen LogP contribution in [0.15, 0.2) is 42.6 Å². The molecule has 1 aliphatic carbocycles. The molecule has 0 unspecified atom stereocenters. The molecule has 210 valence electrons. The number of nitrogens with one attached hydrogen (secondary N) is 1. The zero-order valence-electron chi connectivity index (χ0n) is 22.8. The maximum Gasteiger partial charge on any atom is 0.267 e. The Hall–Kier alpha value is -4.64. The molecule has 11 heteroatoms. The van der Waals surface area contributed by atoms with E-state index in [0.29, 0.717) is 53.6 Å². The lowest BCUT2D eigenvalue weighted by Crippen LogP contribution is -2.39. The number of aliphatic hydroxyl groups excluding tert-OH is 1. The summed E-state index contributed by atoms with van der Waals surface area (Å²) in [6, 6.07) is 10.4. The van der Waals surface area contributed by atoms with Crippen LogP contribution in [0.5, 0.6) is 0 Å². The largest absolute Gasteiger partial charge is 0.392 e. The van der Waals surface area contributed by atoms with Crippen molar-refractivity contribution in [1.29, 1.82) is 0 Å². The van der Waals surface area contributed by atoms with Gasteiger partial charge in [-0.2, -0.15) is 9.97 Å². The van der Waals surface area contributed by atoms with Crippen LogP contribution in [0.2, 0.25) is 0 Å². The summed E-state index contributed by atoms with van der Waals surface area (Å²) in [5.41, 5.74) is 10.5. The summed E-state index contributed by atoms with van der Waals surface area (Å²) >= 11 is 0. The van der Waals surface area contributed by atoms with Crippen LogP contribution in [-0.4, -0.2) is 50.0 Å². The van der Waals surface area contributed by atoms with Gasteiger partial charge >= 0.3 is 0 Å². The van der Waals surface area contributed by atoms with Gasteiger partial charge in [-0.1, -0.05) is 18.2 Å². The third-order valence-corrected chi connectivity index (χ3v) is 7.73. The summed E-state index contributed by atoms with van der Waals surface area (Å²) in [5, 5.41) is 13.1. The number of aryl methyl sites for hydroxylation is 1. The number of carbonyl (C=O) groups excluding carboxylic acids is 2. The van der Waals surface area contributed by atoms with Crippen molar-refractivity contribution in [3.63, 3.8) is 0 Å². The summed E-state index contributed by atoms with van der Waals surface area (Å²) in [4.78, 5) is 40.4. The molecular weight excluding hydrogens is 525 g/mol. The monoisotopic (exact) mass is 555 g/mol. The molecule has 0 saturated heterocycles. The predicted octanol–water partition coefficient (Wildman–Crippen LogP) is 3.12. The second kappa shape index (κ2) is 10.4. The van der Waals surface area contributed by atoms with Gasteiger partial charge in [0.25, 0.3) is 11.8 Å². The lowest BCUT2D eigenvalue weighted by Gasteiger charge is -2.31. The molecule has 0 atom stereocenters. The van der Waals surface area contributed by atoms with Crippen molar-refractivity contribution in [2.45, 2.75) is 38.2 Å². The Morgan fingerprint density at radius 2 is 2.00 bits per heavy atom. The third kappa shape index (κ3) is 4.93. The number of halogens is 1. The van der Waals surface area contributed by atoms with Gasteiger partial charge in [0.1, 0.15) is 17.3 Å². The molecule has 2 aromatic heterocycles. The molecule has 2 aliphatic rings. The number of anilines is 2. The number of rotatable bonds is 7. The molecule has 0 spiro atoms. The molecule has 1 saturated carbocycles. The standard InChI is InChI=1S/C30H30FN7O3/c1-33-28(40)24-10-16(14-37(24)2)11-25-34-27(36-30(32)35-25)20-4-3-5-23(21(20)15-39)38-9-8-18-12-19(17-6-7-17)13-22(31)26(18)29(38)41/h3-5,10,12-14,17,39H,6-9,11,15H2,1-2H3,(H,33,40)(H2,32,34,35,36). The van der Waals surface area contributed by atoms with E-state index in [2.05, 4.69) is 20.3 Å².